The first kappa shape index (κ1) is 15.6. The number of hydrogen-bond donors (Lipinski definition) is 1. The molecule has 19 heavy (non-hydrogen) atoms. The van der Waals surface area contributed by atoms with Gasteiger partial charge in [-0.25, -0.2) is 9.59 Å². The van der Waals surface area contributed by atoms with Crippen LogP contribution in [0.25, 0.3) is 0 Å². The SMILES string of the molecule is COC(=O)C(Cl)(Cc1cc(N)ccc1Cl)C(=O)OC. The molecular formula is C12H13Cl2NO4. The molecule has 0 unspecified atom stereocenters. The molecule has 0 bridgehead atoms. The summed E-state index contributed by atoms with van der Waals surface area (Å²) in [5, 5.41) is 0.340. The molecule has 1 rings (SSSR count). The summed E-state index contributed by atoms with van der Waals surface area (Å²) in [4.78, 5) is 21.4. The lowest BCUT2D eigenvalue weighted by Crippen LogP contribution is -2.45. The van der Waals surface area contributed by atoms with Crippen LogP contribution < -0.4 is 5.73 Å². The van der Waals surface area contributed by atoms with E-state index in [1.807, 2.05) is 0 Å². The second kappa shape index (κ2) is 6.12. The fraction of sp³-hybridized carbons (Fsp3) is 0.333. The highest BCUT2D eigenvalue weighted by Gasteiger charge is 2.47. The van der Waals surface area contributed by atoms with Crippen LogP contribution in [0.1, 0.15) is 5.56 Å². The number of esters is 2. The van der Waals surface area contributed by atoms with E-state index in [1.165, 1.54) is 6.07 Å². The van der Waals surface area contributed by atoms with Gasteiger partial charge >= 0.3 is 11.9 Å². The van der Waals surface area contributed by atoms with Gasteiger partial charge in [0, 0.05) is 17.1 Å². The van der Waals surface area contributed by atoms with E-state index in [4.69, 9.17) is 28.9 Å². The smallest absolute Gasteiger partial charge is 0.338 e. The summed E-state index contributed by atoms with van der Waals surface area (Å²) in [6, 6.07) is 4.68. The Balaban J connectivity index is 3.18. The predicted octanol–water partition coefficient (Wildman–Crippen LogP) is 1.79. The number of nitrogens with two attached hydrogens (primary N) is 1. The molecule has 2 N–H and O–H groups in total. The van der Waals surface area contributed by atoms with Crippen LogP contribution in [-0.4, -0.2) is 31.0 Å². The predicted molar refractivity (Wildman–Crippen MR) is 72.2 cm³/mol. The van der Waals surface area contributed by atoms with E-state index >= 15 is 0 Å². The summed E-state index contributed by atoms with van der Waals surface area (Å²) in [6.07, 6.45) is -0.183. The topological polar surface area (TPSA) is 78.6 Å². The van der Waals surface area contributed by atoms with Crippen LogP contribution in [0.3, 0.4) is 0 Å². The Kier molecular flexibility index (Phi) is 5.03. The van der Waals surface area contributed by atoms with Gasteiger partial charge in [0.05, 0.1) is 14.2 Å². The number of anilines is 1. The van der Waals surface area contributed by atoms with Crippen LogP contribution in [-0.2, 0) is 25.5 Å². The van der Waals surface area contributed by atoms with Crippen LogP contribution in [0.2, 0.25) is 5.02 Å². The molecular weight excluding hydrogens is 293 g/mol. The van der Waals surface area contributed by atoms with Crippen molar-refractivity contribution in [2.45, 2.75) is 11.3 Å². The van der Waals surface area contributed by atoms with Gasteiger partial charge in [0.1, 0.15) is 0 Å². The number of ether oxygens (including phenoxy) is 2. The first-order valence-electron chi connectivity index (χ1n) is 5.24. The van der Waals surface area contributed by atoms with Crippen molar-refractivity contribution in [3.05, 3.63) is 28.8 Å². The third-order valence-corrected chi connectivity index (χ3v) is 3.33. The highest BCUT2D eigenvalue weighted by Crippen LogP contribution is 2.29. The molecule has 1 aromatic rings. The van der Waals surface area contributed by atoms with Crippen molar-refractivity contribution < 1.29 is 19.1 Å². The maximum absolute atomic E-state index is 11.7. The first-order chi connectivity index (χ1) is 8.85. The highest BCUT2D eigenvalue weighted by molar-refractivity contribution is 6.45. The number of carbonyl (C=O) groups excluding carboxylic acids is 2. The maximum atomic E-state index is 11.7. The van der Waals surface area contributed by atoms with Crippen LogP contribution in [0.15, 0.2) is 18.2 Å². The zero-order valence-electron chi connectivity index (χ0n) is 10.4. The standard InChI is InChI=1S/C12H13Cl2NO4/c1-18-10(16)12(14,11(17)19-2)6-7-5-8(15)3-4-9(7)13/h3-5H,6,15H2,1-2H3. The Bertz CT molecular complexity index is 489. The molecule has 0 aliphatic carbocycles. The molecule has 7 heteroatoms. The first-order valence-corrected chi connectivity index (χ1v) is 6.00. The van der Waals surface area contributed by atoms with Crippen molar-refractivity contribution in [2.75, 3.05) is 20.0 Å². The minimum Gasteiger partial charge on any atom is -0.467 e. The van der Waals surface area contributed by atoms with E-state index in [2.05, 4.69) is 9.47 Å². The molecule has 0 aliphatic heterocycles. The van der Waals surface area contributed by atoms with Gasteiger partial charge in [-0.05, 0) is 23.8 Å². The van der Waals surface area contributed by atoms with Gasteiger partial charge < -0.3 is 15.2 Å². The average Bonchev–Trinajstić information content (AvgIpc) is 2.40. The number of rotatable bonds is 4. The lowest BCUT2D eigenvalue weighted by Gasteiger charge is -2.22. The maximum Gasteiger partial charge on any atom is 0.338 e. The average molecular weight is 306 g/mol. The van der Waals surface area contributed by atoms with E-state index in [9.17, 15) is 9.59 Å². The third kappa shape index (κ3) is 3.30. The number of methoxy groups -OCH3 is 2. The quantitative estimate of drug-likeness (QED) is 0.397. The van der Waals surface area contributed by atoms with Crippen LogP contribution >= 0.6 is 23.2 Å². The number of nitrogen functional groups attached to an aromatic ring is 1. The molecule has 0 saturated heterocycles. The van der Waals surface area contributed by atoms with Gasteiger partial charge in [0.15, 0.2) is 0 Å². The lowest BCUT2D eigenvalue weighted by atomic mass is 9.98. The zero-order valence-corrected chi connectivity index (χ0v) is 11.9. The fourth-order valence-electron chi connectivity index (χ4n) is 1.54. The Hall–Kier alpha value is -1.46. The molecule has 0 radical (unpaired) electrons. The van der Waals surface area contributed by atoms with Crippen molar-refractivity contribution in [1.29, 1.82) is 0 Å². The number of hydrogen-bond acceptors (Lipinski definition) is 5. The molecule has 1 aromatic carbocycles. The summed E-state index contributed by atoms with van der Waals surface area (Å²) in [5.74, 6) is -1.83. The third-order valence-electron chi connectivity index (χ3n) is 2.52. The second-order valence-electron chi connectivity index (χ2n) is 3.81. The highest BCUT2D eigenvalue weighted by atomic mass is 35.5. The molecule has 0 spiro atoms. The molecule has 104 valence electrons. The van der Waals surface area contributed by atoms with Gasteiger partial charge in [-0.3, -0.25) is 0 Å². The number of carbonyl (C=O) groups is 2. The molecule has 0 atom stereocenters. The van der Waals surface area contributed by atoms with Crippen molar-refractivity contribution >= 4 is 40.8 Å². The van der Waals surface area contributed by atoms with E-state index in [0.29, 0.717) is 16.3 Å². The van der Waals surface area contributed by atoms with Crippen molar-refractivity contribution in [3.63, 3.8) is 0 Å². The summed E-state index contributed by atoms with van der Waals surface area (Å²) < 4.78 is 9.07. The Morgan fingerprint density at radius 1 is 1.26 bits per heavy atom. The molecule has 0 aliphatic rings. The number of halogens is 2. The molecule has 5 nitrogen and oxygen atoms in total. The van der Waals surface area contributed by atoms with E-state index in [-0.39, 0.29) is 6.42 Å². The molecule has 0 saturated carbocycles. The van der Waals surface area contributed by atoms with E-state index in [0.717, 1.165) is 14.2 Å². The largest absolute Gasteiger partial charge is 0.467 e. The summed E-state index contributed by atoms with van der Waals surface area (Å²) in [6.45, 7) is 0. The van der Waals surface area contributed by atoms with Crippen molar-refractivity contribution in [2.24, 2.45) is 0 Å². The fourth-order valence-corrected chi connectivity index (χ4v) is 2.03. The summed E-state index contributed by atoms with van der Waals surface area (Å²) in [5.41, 5.74) is 6.52. The normalized spacial score (nSPS) is 10.9. The summed E-state index contributed by atoms with van der Waals surface area (Å²) in [7, 11) is 2.26. The van der Waals surface area contributed by atoms with Crippen LogP contribution in [0.4, 0.5) is 5.69 Å². The van der Waals surface area contributed by atoms with Gasteiger partial charge in [-0.1, -0.05) is 23.2 Å². The second-order valence-corrected chi connectivity index (χ2v) is 4.86. The van der Waals surface area contributed by atoms with Crippen LogP contribution in [0, 0.1) is 0 Å². The summed E-state index contributed by atoms with van der Waals surface area (Å²) >= 11 is 12.0. The minimum atomic E-state index is -1.99. The van der Waals surface area contributed by atoms with Crippen molar-refractivity contribution in [1.82, 2.24) is 0 Å². The molecule has 0 amide bonds. The Morgan fingerprint density at radius 2 is 1.79 bits per heavy atom. The van der Waals surface area contributed by atoms with Gasteiger partial charge in [0.2, 0.25) is 4.87 Å². The number of alkyl halides is 1. The van der Waals surface area contributed by atoms with Gasteiger partial charge in [0.25, 0.3) is 0 Å². The van der Waals surface area contributed by atoms with Crippen molar-refractivity contribution in [3.8, 4) is 0 Å². The Labute approximate surface area is 120 Å². The Morgan fingerprint density at radius 3 is 2.26 bits per heavy atom. The van der Waals surface area contributed by atoms with E-state index < -0.39 is 16.8 Å². The molecule has 0 heterocycles. The monoisotopic (exact) mass is 305 g/mol. The molecule has 0 aromatic heterocycles. The van der Waals surface area contributed by atoms with Gasteiger partial charge in [-0.2, -0.15) is 0 Å². The molecule has 0 fully saturated rings. The lowest BCUT2D eigenvalue weighted by molar-refractivity contribution is -0.156. The van der Waals surface area contributed by atoms with Gasteiger partial charge in [-0.15, -0.1) is 0 Å². The van der Waals surface area contributed by atoms with Crippen LogP contribution in [0.5, 0.6) is 0 Å². The number of benzene rings is 1. The zero-order chi connectivity index (χ0) is 14.6. The van der Waals surface area contributed by atoms with E-state index in [1.54, 1.807) is 12.1 Å². The minimum absolute atomic E-state index is 0.183.